The van der Waals surface area contributed by atoms with Crippen molar-refractivity contribution in [2.24, 2.45) is 5.10 Å². The second-order valence-electron chi connectivity index (χ2n) is 8.63. The number of rotatable bonds is 11. The fraction of sp³-hybridized carbons (Fsp3) is 0.129. The van der Waals surface area contributed by atoms with E-state index in [0.717, 1.165) is 21.2 Å². The Kier molecular flexibility index (Phi) is 9.85. The number of ether oxygens (including phenoxy) is 2. The lowest BCUT2D eigenvalue weighted by Gasteiger charge is -2.18. The first-order valence-corrected chi connectivity index (χ1v) is 13.1. The van der Waals surface area contributed by atoms with Crippen LogP contribution in [0.15, 0.2) is 113 Å². The molecule has 4 aromatic rings. The standard InChI is InChI=1S/C31H28BrN3O4/c1-38-29-18-23(14-17-28(29)39-21-22-12-15-26(32)16-13-22)20-33-35-30(36)19-27(24-8-4-2-5-9-24)34-31(37)25-10-6-3-7-11-25/h2-18,20,27H,19,21H2,1H3,(H,34,37)(H,35,36)/b33-20-/t27-/m1/s1. The van der Waals surface area contributed by atoms with Crippen molar-refractivity contribution in [1.29, 1.82) is 0 Å². The van der Waals surface area contributed by atoms with Gasteiger partial charge in [-0.3, -0.25) is 9.59 Å². The molecule has 0 aliphatic carbocycles. The summed E-state index contributed by atoms with van der Waals surface area (Å²) < 4.78 is 12.4. The van der Waals surface area contributed by atoms with E-state index >= 15 is 0 Å². The molecule has 8 heteroatoms. The van der Waals surface area contributed by atoms with E-state index in [4.69, 9.17) is 9.47 Å². The Morgan fingerprint density at radius 2 is 1.59 bits per heavy atom. The van der Waals surface area contributed by atoms with Crippen molar-refractivity contribution in [3.63, 3.8) is 0 Å². The van der Waals surface area contributed by atoms with Crippen LogP contribution in [0.2, 0.25) is 0 Å². The van der Waals surface area contributed by atoms with Crippen molar-refractivity contribution in [2.75, 3.05) is 7.11 Å². The molecule has 198 valence electrons. The summed E-state index contributed by atoms with van der Waals surface area (Å²) in [4.78, 5) is 25.5. The van der Waals surface area contributed by atoms with Gasteiger partial charge in [0.2, 0.25) is 5.91 Å². The highest BCUT2D eigenvalue weighted by Crippen LogP contribution is 2.28. The van der Waals surface area contributed by atoms with Crippen LogP contribution in [0.3, 0.4) is 0 Å². The molecule has 0 saturated carbocycles. The van der Waals surface area contributed by atoms with Crippen LogP contribution in [0.25, 0.3) is 0 Å². The zero-order chi connectivity index (χ0) is 27.5. The van der Waals surface area contributed by atoms with Crippen LogP contribution in [0.4, 0.5) is 0 Å². The first kappa shape index (κ1) is 27.6. The summed E-state index contributed by atoms with van der Waals surface area (Å²) in [5.74, 6) is 0.557. The topological polar surface area (TPSA) is 89.0 Å². The molecule has 7 nitrogen and oxygen atoms in total. The lowest BCUT2D eigenvalue weighted by Crippen LogP contribution is -2.32. The minimum atomic E-state index is -0.517. The SMILES string of the molecule is COc1cc(/C=N\NC(=O)C[C@@H](NC(=O)c2ccccc2)c2ccccc2)ccc1OCc1ccc(Br)cc1. The summed E-state index contributed by atoms with van der Waals surface area (Å²) in [6.07, 6.45) is 1.55. The van der Waals surface area contributed by atoms with Crippen molar-refractivity contribution >= 4 is 34.0 Å². The Morgan fingerprint density at radius 3 is 2.28 bits per heavy atom. The summed E-state index contributed by atoms with van der Waals surface area (Å²) in [7, 11) is 1.57. The molecule has 0 aromatic heterocycles. The van der Waals surface area contributed by atoms with Crippen LogP contribution in [-0.4, -0.2) is 25.1 Å². The van der Waals surface area contributed by atoms with Gasteiger partial charge in [0.15, 0.2) is 11.5 Å². The Balaban J connectivity index is 1.36. The molecule has 39 heavy (non-hydrogen) atoms. The van der Waals surface area contributed by atoms with Gasteiger partial charge in [0.05, 0.1) is 25.8 Å². The molecule has 0 spiro atoms. The number of hydrazone groups is 1. The maximum Gasteiger partial charge on any atom is 0.251 e. The van der Waals surface area contributed by atoms with Gasteiger partial charge in [-0.1, -0.05) is 76.6 Å². The molecule has 0 saturated heterocycles. The summed E-state index contributed by atoms with van der Waals surface area (Å²) in [5, 5.41) is 7.05. The molecule has 0 bridgehead atoms. The second kappa shape index (κ2) is 13.9. The number of hydrogen-bond donors (Lipinski definition) is 2. The van der Waals surface area contributed by atoms with E-state index in [1.165, 1.54) is 6.21 Å². The molecule has 0 aliphatic rings. The summed E-state index contributed by atoms with van der Waals surface area (Å²) in [6.45, 7) is 0.399. The molecular weight excluding hydrogens is 558 g/mol. The second-order valence-corrected chi connectivity index (χ2v) is 9.54. The first-order valence-electron chi connectivity index (χ1n) is 12.3. The maximum atomic E-state index is 12.7. The third-order valence-electron chi connectivity index (χ3n) is 5.83. The van der Waals surface area contributed by atoms with Crippen molar-refractivity contribution in [1.82, 2.24) is 10.7 Å². The van der Waals surface area contributed by atoms with E-state index in [1.807, 2.05) is 66.7 Å². The van der Waals surface area contributed by atoms with Crippen molar-refractivity contribution < 1.29 is 19.1 Å². The van der Waals surface area contributed by atoms with E-state index in [9.17, 15) is 9.59 Å². The Bertz CT molecular complexity index is 1410. The number of benzene rings is 4. The van der Waals surface area contributed by atoms with Crippen LogP contribution in [0, 0.1) is 0 Å². The van der Waals surface area contributed by atoms with Gasteiger partial charge in [0.25, 0.3) is 5.91 Å². The molecule has 0 fully saturated rings. The van der Waals surface area contributed by atoms with E-state index in [0.29, 0.717) is 23.7 Å². The largest absolute Gasteiger partial charge is 0.493 e. The molecule has 0 radical (unpaired) electrons. The number of methoxy groups -OCH3 is 1. The number of nitrogens with one attached hydrogen (secondary N) is 2. The number of hydrogen-bond acceptors (Lipinski definition) is 5. The number of nitrogens with zero attached hydrogens (tertiary/aromatic N) is 1. The first-order chi connectivity index (χ1) is 19.0. The quantitative estimate of drug-likeness (QED) is 0.166. The minimum Gasteiger partial charge on any atom is -0.493 e. The van der Waals surface area contributed by atoms with Gasteiger partial charge in [0, 0.05) is 10.0 Å². The highest BCUT2D eigenvalue weighted by molar-refractivity contribution is 9.10. The van der Waals surface area contributed by atoms with Gasteiger partial charge in [-0.2, -0.15) is 5.10 Å². The Hall–Kier alpha value is -4.43. The van der Waals surface area contributed by atoms with E-state index in [2.05, 4.69) is 31.8 Å². The van der Waals surface area contributed by atoms with Crippen LogP contribution in [0.1, 0.15) is 39.5 Å². The summed E-state index contributed by atoms with van der Waals surface area (Å²) in [6, 6.07) is 31.0. The van der Waals surface area contributed by atoms with Crippen molar-refractivity contribution in [3.8, 4) is 11.5 Å². The van der Waals surface area contributed by atoms with E-state index in [1.54, 1.807) is 43.5 Å². The highest BCUT2D eigenvalue weighted by Gasteiger charge is 2.19. The van der Waals surface area contributed by atoms with Gasteiger partial charge in [0.1, 0.15) is 6.61 Å². The monoisotopic (exact) mass is 585 g/mol. The lowest BCUT2D eigenvalue weighted by atomic mass is 10.0. The van der Waals surface area contributed by atoms with E-state index < -0.39 is 6.04 Å². The zero-order valence-corrected chi connectivity index (χ0v) is 22.9. The highest BCUT2D eigenvalue weighted by atomic mass is 79.9. The number of carbonyl (C=O) groups is 2. The molecule has 0 aliphatic heterocycles. The normalized spacial score (nSPS) is 11.5. The van der Waals surface area contributed by atoms with Gasteiger partial charge in [-0.25, -0.2) is 5.43 Å². The average molecular weight is 586 g/mol. The third kappa shape index (κ3) is 8.28. The molecule has 4 rings (SSSR count). The van der Waals surface area contributed by atoms with Crippen LogP contribution in [0.5, 0.6) is 11.5 Å². The molecule has 1 atom stereocenters. The Labute approximate surface area is 236 Å². The molecular formula is C31H28BrN3O4. The smallest absolute Gasteiger partial charge is 0.251 e. The summed E-state index contributed by atoms with van der Waals surface area (Å²) >= 11 is 3.43. The lowest BCUT2D eigenvalue weighted by molar-refractivity contribution is -0.121. The Morgan fingerprint density at radius 1 is 0.897 bits per heavy atom. The minimum absolute atomic E-state index is 0.0199. The van der Waals surface area contributed by atoms with Crippen LogP contribution < -0.4 is 20.2 Å². The molecule has 2 N–H and O–H groups in total. The fourth-order valence-electron chi connectivity index (χ4n) is 3.80. The molecule has 0 unspecified atom stereocenters. The maximum absolute atomic E-state index is 12.7. The predicted molar refractivity (Wildman–Crippen MR) is 155 cm³/mol. The number of amides is 2. The number of halogens is 1. The molecule has 2 amide bonds. The van der Waals surface area contributed by atoms with Crippen LogP contribution in [-0.2, 0) is 11.4 Å². The van der Waals surface area contributed by atoms with Crippen molar-refractivity contribution in [3.05, 3.63) is 130 Å². The average Bonchev–Trinajstić information content (AvgIpc) is 2.97. The third-order valence-corrected chi connectivity index (χ3v) is 6.36. The van der Waals surface area contributed by atoms with Gasteiger partial charge >= 0.3 is 0 Å². The predicted octanol–water partition coefficient (Wildman–Crippen LogP) is 6.05. The van der Waals surface area contributed by atoms with Gasteiger partial charge in [-0.15, -0.1) is 0 Å². The van der Waals surface area contributed by atoms with Gasteiger partial charge < -0.3 is 14.8 Å². The molecule has 4 aromatic carbocycles. The zero-order valence-electron chi connectivity index (χ0n) is 21.3. The van der Waals surface area contributed by atoms with Crippen molar-refractivity contribution in [2.45, 2.75) is 19.1 Å². The van der Waals surface area contributed by atoms with E-state index in [-0.39, 0.29) is 18.2 Å². The molecule has 0 heterocycles. The fourth-order valence-corrected chi connectivity index (χ4v) is 4.07. The van der Waals surface area contributed by atoms with Crippen LogP contribution >= 0.6 is 15.9 Å². The van der Waals surface area contributed by atoms with Gasteiger partial charge in [-0.05, 0) is 59.2 Å². The number of carbonyl (C=O) groups excluding carboxylic acids is 2. The summed E-state index contributed by atoms with van der Waals surface area (Å²) in [5.41, 5.74) is 5.65.